The van der Waals surface area contributed by atoms with Crippen LogP contribution in [0, 0.1) is 0 Å². The number of rotatable bonds is 6. The van der Waals surface area contributed by atoms with Gasteiger partial charge >= 0.3 is 0 Å². The first-order valence-corrected chi connectivity index (χ1v) is 7.90. The van der Waals surface area contributed by atoms with Crippen LogP contribution in [0.1, 0.15) is 6.92 Å². The highest BCUT2D eigenvalue weighted by Crippen LogP contribution is 2.02. The second-order valence-electron chi connectivity index (χ2n) is 4.45. The van der Waals surface area contributed by atoms with E-state index in [4.69, 9.17) is 10.9 Å². The van der Waals surface area contributed by atoms with Gasteiger partial charge in [0.1, 0.15) is 0 Å². The molecule has 7 nitrogen and oxygen atoms in total. The minimum atomic E-state index is -2.88. The van der Waals surface area contributed by atoms with Crippen molar-refractivity contribution < 1.29 is 13.6 Å². The van der Waals surface area contributed by atoms with Crippen LogP contribution in [-0.4, -0.2) is 80.0 Å². The lowest BCUT2D eigenvalue weighted by Gasteiger charge is -2.34. The summed E-state index contributed by atoms with van der Waals surface area (Å²) in [7, 11) is -2.88. The molecule has 1 heterocycles. The smallest absolute Gasteiger partial charge is 0.153 e. The molecule has 0 aromatic heterocycles. The number of hydrogen-bond acceptors (Lipinski definition) is 6. The molecule has 0 aromatic rings. The van der Waals surface area contributed by atoms with Crippen LogP contribution in [-0.2, 0) is 9.84 Å². The summed E-state index contributed by atoms with van der Waals surface area (Å²) in [5.74, 6) is 0.636. The summed E-state index contributed by atoms with van der Waals surface area (Å²) < 4.78 is 22.8. The lowest BCUT2D eigenvalue weighted by molar-refractivity contribution is 0.150. The maximum absolute atomic E-state index is 11.4. The minimum absolute atomic E-state index is 0.205. The van der Waals surface area contributed by atoms with Crippen molar-refractivity contribution in [3.63, 3.8) is 0 Å². The van der Waals surface area contributed by atoms with Crippen molar-refractivity contribution in [3.8, 4) is 0 Å². The maximum atomic E-state index is 11.4. The van der Waals surface area contributed by atoms with Crippen molar-refractivity contribution in [1.82, 2.24) is 9.80 Å². The second-order valence-corrected chi connectivity index (χ2v) is 6.92. The Morgan fingerprint density at radius 3 is 2.33 bits per heavy atom. The summed E-state index contributed by atoms with van der Waals surface area (Å²) in [5, 5.41) is 11.4. The largest absolute Gasteiger partial charge is 0.409 e. The zero-order chi connectivity index (χ0) is 13.6. The lowest BCUT2D eigenvalue weighted by atomic mass is 10.3. The van der Waals surface area contributed by atoms with Gasteiger partial charge in [-0.15, -0.1) is 0 Å². The number of piperazine rings is 1. The molecule has 3 N–H and O–H groups in total. The zero-order valence-electron chi connectivity index (χ0n) is 10.7. The van der Waals surface area contributed by atoms with Gasteiger partial charge in [-0.3, -0.25) is 9.80 Å². The summed E-state index contributed by atoms with van der Waals surface area (Å²) in [6.45, 7) is 5.97. The second kappa shape index (κ2) is 6.91. The Morgan fingerprint density at radius 2 is 1.83 bits per heavy atom. The first-order valence-electron chi connectivity index (χ1n) is 6.08. The Kier molecular flexibility index (Phi) is 5.83. The lowest BCUT2D eigenvalue weighted by Crippen LogP contribution is -2.49. The Labute approximate surface area is 108 Å². The van der Waals surface area contributed by atoms with Gasteiger partial charge < -0.3 is 10.9 Å². The molecule has 8 heteroatoms. The minimum Gasteiger partial charge on any atom is -0.409 e. The maximum Gasteiger partial charge on any atom is 0.153 e. The quantitative estimate of drug-likeness (QED) is 0.274. The third-order valence-corrected chi connectivity index (χ3v) is 4.82. The van der Waals surface area contributed by atoms with E-state index in [1.807, 2.05) is 0 Å². The van der Waals surface area contributed by atoms with Gasteiger partial charge in [-0.25, -0.2) is 8.42 Å². The van der Waals surface area contributed by atoms with Gasteiger partial charge in [0.05, 0.1) is 12.3 Å². The van der Waals surface area contributed by atoms with Crippen molar-refractivity contribution in [3.05, 3.63) is 0 Å². The molecule has 0 aliphatic carbocycles. The molecule has 18 heavy (non-hydrogen) atoms. The standard InChI is InChI=1S/C10H22N4O3S/c1-2-18(16,17)8-7-13-3-5-14(6-4-13)9-10(11)12-15/h15H,2-9H2,1H3,(H2,11,12). The van der Waals surface area contributed by atoms with Crippen LogP contribution in [0.4, 0.5) is 0 Å². The third kappa shape index (κ3) is 5.19. The Balaban J connectivity index is 2.27. The van der Waals surface area contributed by atoms with Crippen LogP contribution in [0.5, 0.6) is 0 Å². The van der Waals surface area contributed by atoms with Crippen molar-refractivity contribution >= 4 is 15.7 Å². The number of sulfone groups is 1. The molecular formula is C10H22N4O3S. The van der Waals surface area contributed by atoms with Crippen LogP contribution in [0.25, 0.3) is 0 Å². The molecule has 0 atom stereocenters. The molecule has 0 amide bonds. The fourth-order valence-electron chi connectivity index (χ4n) is 1.84. The number of oxime groups is 1. The van der Waals surface area contributed by atoms with E-state index in [0.717, 1.165) is 26.2 Å². The predicted molar refractivity (Wildman–Crippen MR) is 70.6 cm³/mol. The Bertz CT molecular complexity index is 375. The molecule has 1 aliphatic heterocycles. The highest BCUT2D eigenvalue weighted by atomic mass is 32.2. The molecule has 0 saturated carbocycles. The SMILES string of the molecule is CCS(=O)(=O)CCN1CCN(CC(N)=NO)CC1. The van der Waals surface area contributed by atoms with E-state index in [9.17, 15) is 8.42 Å². The fourth-order valence-corrected chi connectivity index (χ4v) is 2.67. The number of nitrogens with two attached hydrogens (primary N) is 1. The molecule has 0 bridgehead atoms. The van der Waals surface area contributed by atoms with Crippen molar-refractivity contribution in [2.45, 2.75) is 6.92 Å². The van der Waals surface area contributed by atoms with Crippen LogP contribution >= 0.6 is 0 Å². The van der Waals surface area contributed by atoms with Crippen molar-refractivity contribution in [2.24, 2.45) is 10.9 Å². The highest BCUT2D eigenvalue weighted by molar-refractivity contribution is 7.91. The first kappa shape index (κ1) is 15.2. The van der Waals surface area contributed by atoms with E-state index in [1.54, 1.807) is 6.92 Å². The molecule has 0 radical (unpaired) electrons. The monoisotopic (exact) mass is 278 g/mol. The van der Waals surface area contributed by atoms with E-state index >= 15 is 0 Å². The predicted octanol–water partition coefficient (Wildman–Crippen LogP) is -1.21. The number of amidine groups is 1. The topological polar surface area (TPSA) is 99.2 Å². The molecular weight excluding hydrogens is 256 g/mol. The summed E-state index contributed by atoms with van der Waals surface area (Å²) in [6, 6.07) is 0. The van der Waals surface area contributed by atoms with Gasteiger partial charge in [0, 0.05) is 38.5 Å². The first-order chi connectivity index (χ1) is 8.46. The average Bonchev–Trinajstić information content (AvgIpc) is 2.38. The molecule has 0 spiro atoms. The Morgan fingerprint density at radius 1 is 1.28 bits per heavy atom. The third-order valence-electron chi connectivity index (χ3n) is 3.14. The van der Waals surface area contributed by atoms with Gasteiger partial charge in [-0.1, -0.05) is 12.1 Å². The zero-order valence-corrected chi connectivity index (χ0v) is 11.6. The van der Waals surface area contributed by atoms with Gasteiger partial charge in [-0.2, -0.15) is 0 Å². The summed E-state index contributed by atoms with van der Waals surface area (Å²) in [4.78, 5) is 4.22. The van der Waals surface area contributed by atoms with Crippen molar-refractivity contribution in [1.29, 1.82) is 0 Å². The van der Waals surface area contributed by atoms with Gasteiger partial charge in [-0.05, 0) is 0 Å². The van der Waals surface area contributed by atoms with E-state index < -0.39 is 9.84 Å². The molecule has 1 aliphatic rings. The summed E-state index contributed by atoms with van der Waals surface area (Å²) in [5.41, 5.74) is 5.44. The van der Waals surface area contributed by atoms with Crippen LogP contribution in [0.15, 0.2) is 5.16 Å². The average molecular weight is 278 g/mol. The highest BCUT2D eigenvalue weighted by Gasteiger charge is 2.19. The van der Waals surface area contributed by atoms with Gasteiger partial charge in [0.15, 0.2) is 15.7 Å². The van der Waals surface area contributed by atoms with E-state index in [-0.39, 0.29) is 17.3 Å². The fraction of sp³-hybridized carbons (Fsp3) is 0.900. The normalized spacial score (nSPS) is 20.2. The van der Waals surface area contributed by atoms with Gasteiger partial charge in [0.25, 0.3) is 0 Å². The summed E-state index contributed by atoms with van der Waals surface area (Å²) >= 11 is 0. The van der Waals surface area contributed by atoms with Crippen LogP contribution in [0.2, 0.25) is 0 Å². The Hall–Kier alpha value is -0.860. The number of nitrogens with zero attached hydrogens (tertiary/aromatic N) is 3. The number of hydrogen-bond donors (Lipinski definition) is 2. The molecule has 1 saturated heterocycles. The molecule has 106 valence electrons. The van der Waals surface area contributed by atoms with E-state index in [0.29, 0.717) is 13.1 Å². The van der Waals surface area contributed by atoms with Crippen LogP contribution in [0.3, 0.4) is 0 Å². The van der Waals surface area contributed by atoms with E-state index in [1.165, 1.54) is 0 Å². The van der Waals surface area contributed by atoms with Crippen LogP contribution < -0.4 is 5.73 Å². The summed E-state index contributed by atoms with van der Waals surface area (Å²) in [6.07, 6.45) is 0. The molecule has 1 rings (SSSR count). The molecule has 0 aromatic carbocycles. The molecule has 1 fully saturated rings. The van der Waals surface area contributed by atoms with Gasteiger partial charge in [0.2, 0.25) is 0 Å². The molecule has 0 unspecified atom stereocenters. The van der Waals surface area contributed by atoms with Crippen molar-refractivity contribution in [2.75, 3.05) is 50.8 Å². The van der Waals surface area contributed by atoms with E-state index in [2.05, 4.69) is 15.0 Å².